The monoisotopic (exact) mass is 303 g/mol. The number of aromatic amines is 1. The molecule has 0 aliphatic heterocycles. The molecule has 0 spiro atoms. The van der Waals surface area contributed by atoms with E-state index < -0.39 is 5.60 Å². The van der Waals surface area contributed by atoms with Crippen molar-refractivity contribution in [3.63, 3.8) is 0 Å². The number of aromatic nitrogens is 1. The van der Waals surface area contributed by atoms with Crippen molar-refractivity contribution in [3.05, 3.63) is 36.0 Å². The van der Waals surface area contributed by atoms with Crippen LogP contribution in [-0.4, -0.2) is 29.3 Å². The largest absolute Gasteiger partial charge is 0.444 e. The lowest BCUT2D eigenvalue weighted by Crippen LogP contribution is -2.42. The molecule has 2 rings (SSSR count). The van der Waals surface area contributed by atoms with Gasteiger partial charge in [0.05, 0.1) is 0 Å². The number of amides is 1. The fourth-order valence-corrected chi connectivity index (χ4v) is 2.29. The van der Waals surface area contributed by atoms with E-state index >= 15 is 0 Å². The molecule has 120 valence electrons. The highest BCUT2D eigenvalue weighted by atomic mass is 16.6. The third-order valence-corrected chi connectivity index (χ3v) is 3.21. The van der Waals surface area contributed by atoms with Gasteiger partial charge in [-0.2, -0.15) is 0 Å². The summed E-state index contributed by atoms with van der Waals surface area (Å²) in [5, 5.41) is 7.42. The van der Waals surface area contributed by atoms with E-state index in [-0.39, 0.29) is 12.1 Å². The van der Waals surface area contributed by atoms with Gasteiger partial charge in [0.15, 0.2) is 0 Å². The maximum absolute atomic E-state index is 11.7. The number of hydrogen-bond donors (Lipinski definition) is 3. The predicted molar refractivity (Wildman–Crippen MR) is 88.8 cm³/mol. The van der Waals surface area contributed by atoms with Crippen LogP contribution < -0.4 is 10.6 Å². The summed E-state index contributed by atoms with van der Waals surface area (Å²) in [6.07, 6.45) is 1.57. The lowest BCUT2D eigenvalue weighted by atomic mass is 10.1. The predicted octanol–water partition coefficient (Wildman–Crippen LogP) is 3.17. The Labute approximate surface area is 131 Å². The SMILES string of the molecule is CC(CNCc1cccc2[nH]ccc12)NC(=O)OC(C)(C)C. The maximum Gasteiger partial charge on any atom is 0.407 e. The van der Waals surface area contributed by atoms with Crippen molar-refractivity contribution in [2.75, 3.05) is 6.54 Å². The van der Waals surface area contributed by atoms with Gasteiger partial charge >= 0.3 is 6.09 Å². The first-order valence-corrected chi connectivity index (χ1v) is 7.60. The summed E-state index contributed by atoms with van der Waals surface area (Å²) in [4.78, 5) is 14.9. The molecule has 1 heterocycles. The quantitative estimate of drug-likeness (QED) is 0.795. The van der Waals surface area contributed by atoms with Crippen LogP contribution in [0.2, 0.25) is 0 Å². The average molecular weight is 303 g/mol. The number of ether oxygens (including phenoxy) is 1. The van der Waals surface area contributed by atoms with Crippen molar-refractivity contribution in [2.45, 2.75) is 45.9 Å². The molecule has 1 amide bonds. The highest BCUT2D eigenvalue weighted by Crippen LogP contribution is 2.16. The smallest absolute Gasteiger partial charge is 0.407 e. The Balaban J connectivity index is 1.79. The van der Waals surface area contributed by atoms with E-state index in [1.807, 2.05) is 40.0 Å². The molecule has 0 aliphatic rings. The zero-order valence-electron chi connectivity index (χ0n) is 13.7. The molecule has 1 atom stereocenters. The minimum Gasteiger partial charge on any atom is -0.444 e. The molecule has 0 saturated carbocycles. The standard InChI is InChI=1S/C17H25N3O2/c1-12(20-16(21)22-17(2,3)4)10-18-11-13-6-5-7-15-14(13)8-9-19-15/h5-9,12,18-19H,10-11H2,1-4H3,(H,20,21). The van der Waals surface area contributed by atoms with Crippen LogP contribution in [0.15, 0.2) is 30.5 Å². The highest BCUT2D eigenvalue weighted by molar-refractivity contribution is 5.82. The third-order valence-electron chi connectivity index (χ3n) is 3.21. The highest BCUT2D eigenvalue weighted by Gasteiger charge is 2.17. The lowest BCUT2D eigenvalue weighted by Gasteiger charge is -2.22. The number of rotatable bonds is 5. The first-order valence-electron chi connectivity index (χ1n) is 7.60. The molecule has 22 heavy (non-hydrogen) atoms. The number of carbonyl (C=O) groups is 1. The molecule has 1 unspecified atom stereocenters. The Morgan fingerprint density at radius 3 is 2.82 bits per heavy atom. The van der Waals surface area contributed by atoms with Gasteiger partial charge in [-0.25, -0.2) is 4.79 Å². The Morgan fingerprint density at radius 2 is 2.09 bits per heavy atom. The minimum absolute atomic E-state index is 0.000257. The van der Waals surface area contributed by atoms with Gasteiger partial charge in [0.25, 0.3) is 0 Å². The van der Waals surface area contributed by atoms with Gasteiger partial charge in [0, 0.05) is 36.2 Å². The van der Waals surface area contributed by atoms with E-state index in [9.17, 15) is 4.79 Å². The fourth-order valence-electron chi connectivity index (χ4n) is 2.29. The van der Waals surface area contributed by atoms with Crippen molar-refractivity contribution in [1.82, 2.24) is 15.6 Å². The lowest BCUT2D eigenvalue weighted by molar-refractivity contribution is 0.0508. The van der Waals surface area contributed by atoms with Crippen molar-refractivity contribution in [1.29, 1.82) is 0 Å². The maximum atomic E-state index is 11.7. The van der Waals surface area contributed by atoms with Gasteiger partial charge in [0.1, 0.15) is 5.60 Å². The Bertz CT molecular complexity index is 628. The van der Waals surface area contributed by atoms with E-state index in [0.29, 0.717) is 6.54 Å². The van der Waals surface area contributed by atoms with Gasteiger partial charge in [-0.3, -0.25) is 0 Å². The van der Waals surface area contributed by atoms with Crippen molar-refractivity contribution >= 4 is 17.0 Å². The molecule has 0 saturated heterocycles. The summed E-state index contributed by atoms with van der Waals surface area (Å²) in [6.45, 7) is 8.95. The second-order valence-electron chi connectivity index (χ2n) is 6.53. The topological polar surface area (TPSA) is 66.2 Å². The van der Waals surface area contributed by atoms with Crippen molar-refractivity contribution in [3.8, 4) is 0 Å². The second kappa shape index (κ2) is 6.83. The number of H-pyrrole nitrogens is 1. The first kappa shape index (κ1) is 16.4. The van der Waals surface area contributed by atoms with Crippen LogP contribution in [0, 0.1) is 0 Å². The Morgan fingerprint density at radius 1 is 1.32 bits per heavy atom. The molecule has 1 aromatic carbocycles. The number of nitrogens with one attached hydrogen (secondary N) is 3. The summed E-state index contributed by atoms with van der Waals surface area (Å²) in [7, 11) is 0. The van der Waals surface area contributed by atoms with E-state index in [1.165, 1.54) is 10.9 Å². The summed E-state index contributed by atoms with van der Waals surface area (Å²) >= 11 is 0. The molecule has 2 aromatic rings. The van der Waals surface area contributed by atoms with Gasteiger partial charge in [0.2, 0.25) is 0 Å². The normalized spacial score (nSPS) is 13.1. The zero-order valence-corrected chi connectivity index (χ0v) is 13.7. The van der Waals surface area contributed by atoms with Crippen molar-refractivity contribution in [2.24, 2.45) is 0 Å². The number of benzene rings is 1. The third kappa shape index (κ3) is 4.77. The summed E-state index contributed by atoms with van der Waals surface area (Å²) in [5.74, 6) is 0. The van der Waals surface area contributed by atoms with Gasteiger partial charge < -0.3 is 20.4 Å². The molecule has 0 radical (unpaired) electrons. The minimum atomic E-state index is -0.471. The molecular formula is C17H25N3O2. The van der Waals surface area contributed by atoms with E-state index in [4.69, 9.17) is 4.74 Å². The molecule has 5 nitrogen and oxygen atoms in total. The summed E-state index contributed by atoms with van der Waals surface area (Å²) in [5.41, 5.74) is 1.91. The van der Waals surface area contributed by atoms with Crippen LogP contribution >= 0.6 is 0 Å². The van der Waals surface area contributed by atoms with Gasteiger partial charge in [-0.15, -0.1) is 0 Å². The van der Waals surface area contributed by atoms with Crippen molar-refractivity contribution < 1.29 is 9.53 Å². The molecule has 1 aromatic heterocycles. The molecule has 3 N–H and O–H groups in total. The average Bonchev–Trinajstić information content (AvgIpc) is 2.85. The fraction of sp³-hybridized carbons (Fsp3) is 0.471. The van der Waals surface area contributed by atoms with Crippen LogP contribution in [0.5, 0.6) is 0 Å². The molecule has 5 heteroatoms. The number of carbonyl (C=O) groups excluding carboxylic acids is 1. The van der Waals surface area contributed by atoms with E-state index in [1.54, 1.807) is 0 Å². The molecular weight excluding hydrogens is 278 g/mol. The van der Waals surface area contributed by atoms with E-state index in [0.717, 1.165) is 12.1 Å². The molecule has 0 fully saturated rings. The van der Waals surface area contributed by atoms with Gasteiger partial charge in [-0.1, -0.05) is 12.1 Å². The number of hydrogen-bond acceptors (Lipinski definition) is 3. The van der Waals surface area contributed by atoms with Crippen LogP contribution in [0.1, 0.15) is 33.3 Å². The van der Waals surface area contributed by atoms with Crippen LogP contribution in [0.3, 0.4) is 0 Å². The van der Waals surface area contributed by atoms with Gasteiger partial charge in [-0.05, 0) is 45.4 Å². The van der Waals surface area contributed by atoms with Crippen LogP contribution in [-0.2, 0) is 11.3 Å². The summed E-state index contributed by atoms with van der Waals surface area (Å²) < 4.78 is 5.24. The van der Waals surface area contributed by atoms with Crippen LogP contribution in [0.25, 0.3) is 10.9 Å². The Kier molecular flexibility index (Phi) is 5.08. The number of alkyl carbamates (subject to hydrolysis) is 1. The zero-order chi connectivity index (χ0) is 16.2. The first-order chi connectivity index (χ1) is 10.3. The van der Waals surface area contributed by atoms with E-state index in [2.05, 4.69) is 33.8 Å². The molecule has 0 bridgehead atoms. The summed E-state index contributed by atoms with van der Waals surface area (Å²) in [6, 6.07) is 8.29. The Hall–Kier alpha value is -2.01. The van der Waals surface area contributed by atoms with Crippen LogP contribution in [0.4, 0.5) is 4.79 Å². The second-order valence-corrected chi connectivity index (χ2v) is 6.53. The number of fused-ring (bicyclic) bond motifs is 1. The molecule has 0 aliphatic carbocycles.